The number of hydrogen-bond donors (Lipinski definition) is 2. The van der Waals surface area contributed by atoms with Gasteiger partial charge in [0, 0.05) is 22.9 Å². The molecule has 6 nitrogen and oxygen atoms in total. The third-order valence-corrected chi connectivity index (χ3v) is 3.10. The molecule has 0 aromatic heterocycles. The minimum absolute atomic E-state index is 0.281. The summed E-state index contributed by atoms with van der Waals surface area (Å²) in [6.07, 6.45) is 1.98. The predicted octanol–water partition coefficient (Wildman–Crippen LogP) is 1.83. The van der Waals surface area contributed by atoms with E-state index in [2.05, 4.69) is 15.3 Å². The van der Waals surface area contributed by atoms with Gasteiger partial charge < -0.3 is 11.1 Å². The van der Waals surface area contributed by atoms with Gasteiger partial charge in [-0.05, 0) is 29.5 Å². The Kier molecular flexibility index (Phi) is 6.07. The summed E-state index contributed by atoms with van der Waals surface area (Å²) in [5.74, 6) is -0.451. The Morgan fingerprint density at radius 2 is 2.22 bits per heavy atom. The predicted molar refractivity (Wildman–Crippen MR) is 72.2 cm³/mol. The molecular weight excluding hydrogens is 250 g/mol. The molecule has 1 aromatic rings. The highest BCUT2D eigenvalue weighted by Gasteiger charge is 2.16. The smallest absolute Gasteiger partial charge is 0.239 e. The summed E-state index contributed by atoms with van der Waals surface area (Å²) in [4.78, 5) is 15.1. The van der Waals surface area contributed by atoms with E-state index in [9.17, 15) is 4.79 Å². The van der Waals surface area contributed by atoms with Crippen molar-refractivity contribution in [3.8, 4) is 0 Å². The Labute approximate surface area is 110 Å². The van der Waals surface area contributed by atoms with Gasteiger partial charge in [0.25, 0.3) is 0 Å². The van der Waals surface area contributed by atoms with Crippen molar-refractivity contribution in [2.75, 3.05) is 19.3 Å². The van der Waals surface area contributed by atoms with Crippen molar-refractivity contribution < 1.29 is 4.79 Å². The van der Waals surface area contributed by atoms with Gasteiger partial charge in [-0.3, -0.25) is 4.79 Å². The highest BCUT2D eigenvalue weighted by molar-refractivity contribution is 7.98. The summed E-state index contributed by atoms with van der Waals surface area (Å²) in [6, 6.07) is 7.04. The van der Waals surface area contributed by atoms with E-state index in [1.807, 2.05) is 30.5 Å². The monoisotopic (exact) mass is 265 g/mol. The molecule has 0 fully saturated rings. The van der Waals surface area contributed by atoms with Crippen LogP contribution in [-0.2, 0) is 4.79 Å². The van der Waals surface area contributed by atoms with Gasteiger partial charge in [-0.15, -0.1) is 11.8 Å². The number of amides is 1. The van der Waals surface area contributed by atoms with Gasteiger partial charge in [0.15, 0.2) is 0 Å². The summed E-state index contributed by atoms with van der Waals surface area (Å²) < 4.78 is 0. The maximum Gasteiger partial charge on any atom is 0.239 e. The first-order valence-corrected chi connectivity index (χ1v) is 6.59. The SMILES string of the molecule is CSc1ccc(C(NCCN=[N+]=[N-])C(N)=O)cc1. The number of thioether (sulfide) groups is 1. The van der Waals surface area contributed by atoms with Crippen LogP contribution in [0.5, 0.6) is 0 Å². The number of carbonyl (C=O) groups is 1. The molecule has 7 heteroatoms. The Morgan fingerprint density at radius 3 is 2.72 bits per heavy atom. The molecule has 0 radical (unpaired) electrons. The van der Waals surface area contributed by atoms with Crippen LogP contribution >= 0.6 is 11.8 Å². The highest BCUT2D eigenvalue weighted by Crippen LogP contribution is 2.18. The topological polar surface area (TPSA) is 104 Å². The van der Waals surface area contributed by atoms with Crippen LogP contribution < -0.4 is 11.1 Å². The molecule has 0 saturated heterocycles. The van der Waals surface area contributed by atoms with Crippen molar-refractivity contribution in [1.82, 2.24) is 5.32 Å². The second kappa shape index (κ2) is 7.60. The molecule has 0 aliphatic heterocycles. The standard InChI is InChI=1S/C11H15N5OS/c1-18-9-4-2-8(3-5-9)10(11(12)17)14-6-7-15-16-13/h2-5,10,14H,6-7H2,1H3,(H2,12,17). The fraction of sp³-hybridized carbons (Fsp3) is 0.364. The fourth-order valence-electron chi connectivity index (χ4n) is 1.48. The molecule has 0 bridgehead atoms. The summed E-state index contributed by atoms with van der Waals surface area (Å²) in [7, 11) is 0. The Hall–Kier alpha value is -1.69. The average molecular weight is 265 g/mol. The highest BCUT2D eigenvalue weighted by atomic mass is 32.2. The van der Waals surface area contributed by atoms with Crippen LogP contribution in [0.4, 0.5) is 0 Å². The van der Waals surface area contributed by atoms with Crippen LogP contribution in [-0.4, -0.2) is 25.3 Å². The van der Waals surface area contributed by atoms with Crippen molar-refractivity contribution in [1.29, 1.82) is 0 Å². The number of carbonyl (C=O) groups excluding carboxylic acids is 1. The van der Waals surface area contributed by atoms with Crippen molar-refractivity contribution in [3.05, 3.63) is 40.3 Å². The Bertz CT molecular complexity index is 441. The summed E-state index contributed by atoms with van der Waals surface area (Å²) >= 11 is 1.63. The van der Waals surface area contributed by atoms with Crippen LogP contribution in [0, 0.1) is 0 Å². The molecule has 1 aromatic carbocycles. The van der Waals surface area contributed by atoms with E-state index < -0.39 is 11.9 Å². The van der Waals surface area contributed by atoms with E-state index in [1.54, 1.807) is 11.8 Å². The van der Waals surface area contributed by atoms with E-state index >= 15 is 0 Å². The van der Waals surface area contributed by atoms with Crippen LogP contribution in [0.1, 0.15) is 11.6 Å². The minimum Gasteiger partial charge on any atom is -0.368 e. The van der Waals surface area contributed by atoms with Crippen molar-refractivity contribution in [3.63, 3.8) is 0 Å². The molecule has 1 rings (SSSR count). The van der Waals surface area contributed by atoms with Crippen molar-refractivity contribution >= 4 is 17.7 Å². The quantitative estimate of drug-likeness (QED) is 0.258. The van der Waals surface area contributed by atoms with Gasteiger partial charge in [-0.2, -0.15) is 0 Å². The number of nitrogens with two attached hydrogens (primary N) is 1. The van der Waals surface area contributed by atoms with E-state index in [1.165, 1.54) is 0 Å². The van der Waals surface area contributed by atoms with Crippen LogP contribution in [0.25, 0.3) is 10.4 Å². The lowest BCUT2D eigenvalue weighted by molar-refractivity contribution is -0.120. The zero-order chi connectivity index (χ0) is 13.4. The molecule has 1 unspecified atom stereocenters. The Balaban J connectivity index is 2.70. The number of primary amides is 1. The minimum atomic E-state index is -0.560. The Morgan fingerprint density at radius 1 is 1.56 bits per heavy atom. The number of azide groups is 1. The molecule has 1 atom stereocenters. The number of nitrogens with one attached hydrogen (secondary N) is 1. The number of benzene rings is 1. The van der Waals surface area contributed by atoms with Gasteiger partial charge in [0.2, 0.25) is 5.91 Å². The largest absolute Gasteiger partial charge is 0.368 e. The molecule has 0 saturated carbocycles. The lowest BCUT2D eigenvalue weighted by Crippen LogP contribution is -2.34. The summed E-state index contributed by atoms with van der Waals surface area (Å²) in [6.45, 7) is 0.686. The molecule has 0 spiro atoms. The molecule has 0 aliphatic rings. The van der Waals surface area contributed by atoms with Gasteiger partial charge in [0.05, 0.1) is 0 Å². The molecular formula is C11H15N5OS. The molecule has 0 aliphatic carbocycles. The molecule has 18 heavy (non-hydrogen) atoms. The number of nitrogens with zero attached hydrogens (tertiary/aromatic N) is 3. The lowest BCUT2D eigenvalue weighted by Gasteiger charge is -2.15. The van der Waals surface area contributed by atoms with E-state index in [4.69, 9.17) is 11.3 Å². The lowest BCUT2D eigenvalue weighted by atomic mass is 10.1. The summed E-state index contributed by atoms with van der Waals surface area (Å²) in [5.41, 5.74) is 14.3. The zero-order valence-electron chi connectivity index (χ0n) is 10.0. The third-order valence-electron chi connectivity index (χ3n) is 2.36. The second-order valence-corrected chi connectivity index (χ2v) is 4.40. The third kappa shape index (κ3) is 4.29. The van der Waals surface area contributed by atoms with Crippen LogP contribution in [0.2, 0.25) is 0 Å². The fourth-order valence-corrected chi connectivity index (χ4v) is 1.89. The molecule has 1 amide bonds. The first-order valence-electron chi connectivity index (χ1n) is 5.36. The maximum absolute atomic E-state index is 11.4. The van der Waals surface area contributed by atoms with Gasteiger partial charge in [0.1, 0.15) is 6.04 Å². The van der Waals surface area contributed by atoms with Crippen molar-refractivity contribution in [2.24, 2.45) is 10.8 Å². The number of hydrogen-bond acceptors (Lipinski definition) is 4. The van der Waals surface area contributed by atoms with Crippen LogP contribution in [0.3, 0.4) is 0 Å². The van der Waals surface area contributed by atoms with E-state index in [0.29, 0.717) is 6.54 Å². The van der Waals surface area contributed by atoms with E-state index in [-0.39, 0.29) is 6.54 Å². The first kappa shape index (κ1) is 14.4. The zero-order valence-corrected chi connectivity index (χ0v) is 10.9. The van der Waals surface area contributed by atoms with Crippen LogP contribution in [0.15, 0.2) is 34.3 Å². The maximum atomic E-state index is 11.4. The normalized spacial score (nSPS) is 11.6. The molecule has 0 heterocycles. The van der Waals surface area contributed by atoms with Gasteiger partial charge in [-0.1, -0.05) is 17.2 Å². The molecule has 3 N–H and O–H groups in total. The van der Waals surface area contributed by atoms with Crippen molar-refractivity contribution in [2.45, 2.75) is 10.9 Å². The van der Waals surface area contributed by atoms with Gasteiger partial charge in [-0.25, -0.2) is 0 Å². The number of rotatable bonds is 7. The first-order chi connectivity index (χ1) is 8.69. The van der Waals surface area contributed by atoms with E-state index in [0.717, 1.165) is 10.5 Å². The summed E-state index contributed by atoms with van der Waals surface area (Å²) in [5, 5.41) is 6.35. The van der Waals surface area contributed by atoms with Gasteiger partial charge >= 0.3 is 0 Å². The molecule has 96 valence electrons. The second-order valence-electron chi connectivity index (χ2n) is 3.52. The average Bonchev–Trinajstić information content (AvgIpc) is 2.39.